The van der Waals surface area contributed by atoms with Gasteiger partial charge in [-0.3, -0.25) is 4.79 Å². The first kappa shape index (κ1) is 22.4. The van der Waals surface area contributed by atoms with Gasteiger partial charge in [0.05, 0.1) is 19.7 Å². The second-order valence-electron chi connectivity index (χ2n) is 8.03. The van der Waals surface area contributed by atoms with E-state index in [0.29, 0.717) is 19.1 Å². The summed E-state index contributed by atoms with van der Waals surface area (Å²) in [4.78, 5) is 11.9. The van der Waals surface area contributed by atoms with Crippen molar-refractivity contribution >= 4 is 5.97 Å². The number of esters is 1. The highest BCUT2D eigenvalue weighted by Gasteiger charge is 2.33. The summed E-state index contributed by atoms with van der Waals surface area (Å²) >= 11 is 0. The van der Waals surface area contributed by atoms with Gasteiger partial charge in [0.25, 0.3) is 0 Å². The number of nitrogens with zero attached hydrogens (tertiary/aromatic N) is 1. The minimum absolute atomic E-state index is 0.0484. The zero-order chi connectivity index (χ0) is 18.4. The van der Waals surface area contributed by atoms with Crippen LogP contribution in [0.25, 0.3) is 0 Å². The van der Waals surface area contributed by atoms with Crippen LogP contribution in [0.2, 0.25) is 0 Å². The maximum Gasteiger partial charge on any atom is 0.305 e. The lowest BCUT2D eigenvalue weighted by atomic mass is 9.92. The lowest BCUT2D eigenvalue weighted by molar-refractivity contribution is -0.935. The average molecular weight is 357 g/mol. The van der Waals surface area contributed by atoms with Gasteiger partial charge in [-0.05, 0) is 32.1 Å². The number of hydrogen-bond acceptors (Lipinski definition) is 3. The van der Waals surface area contributed by atoms with Gasteiger partial charge in [-0.25, -0.2) is 0 Å². The van der Waals surface area contributed by atoms with E-state index in [0.717, 1.165) is 30.4 Å². The fourth-order valence-electron chi connectivity index (χ4n) is 4.08. The number of quaternary nitrogens is 1. The van der Waals surface area contributed by atoms with Gasteiger partial charge >= 0.3 is 5.97 Å². The fourth-order valence-corrected chi connectivity index (χ4v) is 4.08. The Morgan fingerprint density at radius 2 is 1.64 bits per heavy atom. The number of hydrogen-bond donors (Lipinski definition) is 1. The Bertz CT molecular complexity index is 342. The number of aliphatic hydroxyl groups is 1. The van der Waals surface area contributed by atoms with E-state index in [9.17, 15) is 9.90 Å². The third kappa shape index (κ3) is 9.60. The molecule has 4 heteroatoms. The Morgan fingerprint density at radius 1 is 1.00 bits per heavy atom. The normalized spacial score (nSPS) is 18.0. The van der Waals surface area contributed by atoms with E-state index in [1.807, 2.05) is 0 Å². The molecule has 0 aromatic carbocycles. The zero-order valence-electron chi connectivity index (χ0n) is 16.8. The third-order valence-corrected chi connectivity index (χ3v) is 5.92. The predicted octanol–water partition coefficient (Wildman–Crippen LogP) is 4.44. The van der Waals surface area contributed by atoms with Crippen LogP contribution >= 0.6 is 0 Å². The van der Waals surface area contributed by atoms with Crippen molar-refractivity contribution in [2.45, 2.75) is 96.4 Å². The van der Waals surface area contributed by atoms with Crippen molar-refractivity contribution in [3.05, 3.63) is 0 Å². The Kier molecular flexibility index (Phi) is 12.2. The first-order chi connectivity index (χ1) is 12.1. The summed E-state index contributed by atoms with van der Waals surface area (Å²) in [5.74, 6) is -0.0484. The summed E-state index contributed by atoms with van der Waals surface area (Å²) < 4.78 is 6.33. The van der Waals surface area contributed by atoms with Crippen molar-refractivity contribution < 1.29 is 19.1 Å². The highest BCUT2D eigenvalue weighted by molar-refractivity contribution is 5.69. The molecule has 1 aliphatic rings. The van der Waals surface area contributed by atoms with E-state index in [1.54, 1.807) is 0 Å². The van der Waals surface area contributed by atoms with E-state index >= 15 is 0 Å². The van der Waals surface area contributed by atoms with Gasteiger partial charge in [0.2, 0.25) is 0 Å². The van der Waals surface area contributed by atoms with Gasteiger partial charge in [-0.15, -0.1) is 0 Å². The molecule has 1 unspecified atom stereocenters. The first-order valence-corrected chi connectivity index (χ1v) is 10.7. The topological polar surface area (TPSA) is 46.5 Å². The van der Waals surface area contributed by atoms with Crippen LogP contribution in [-0.4, -0.2) is 55.0 Å². The molecule has 1 fully saturated rings. The number of ether oxygens (including phenoxy) is 1. The maximum absolute atomic E-state index is 11.9. The van der Waals surface area contributed by atoms with Gasteiger partial charge < -0.3 is 14.3 Å². The first-order valence-electron chi connectivity index (χ1n) is 10.7. The summed E-state index contributed by atoms with van der Waals surface area (Å²) in [7, 11) is 2.22. The summed E-state index contributed by atoms with van der Waals surface area (Å²) in [5, 5.41) is 9.44. The number of unbranched alkanes of at least 4 members (excludes halogenated alkanes) is 6. The summed E-state index contributed by atoms with van der Waals surface area (Å²) in [6.45, 7) is 4.52. The lowest BCUT2D eigenvalue weighted by Gasteiger charge is -2.43. The van der Waals surface area contributed by atoms with Gasteiger partial charge in [0.1, 0.15) is 19.7 Å². The standard InChI is InChI=1S/C21H42NO3/c1-3-4-5-6-7-8-12-15-21(24)25-19-17-22(2,16-18-23)20-13-10-9-11-14-20/h20,23H,3-19H2,1-2H3/q+1. The lowest BCUT2D eigenvalue weighted by Crippen LogP contribution is -2.56. The molecule has 1 saturated carbocycles. The van der Waals surface area contributed by atoms with Gasteiger partial charge in [-0.2, -0.15) is 0 Å². The molecule has 0 spiro atoms. The molecular formula is C21H42NO3+. The van der Waals surface area contributed by atoms with Crippen LogP contribution in [0.4, 0.5) is 0 Å². The van der Waals surface area contributed by atoms with Crippen LogP contribution in [-0.2, 0) is 9.53 Å². The summed E-state index contributed by atoms with van der Waals surface area (Å²) in [5.41, 5.74) is 0. The Hall–Kier alpha value is -0.610. The van der Waals surface area contributed by atoms with E-state index < -0.39 is 0 Å². The van der Waals surface area contributed by atoms with E-state index in [1.165, 1.54) is 64.2 Å². The quantitative estimate of drug-likeness (QED) is 0.284. The van der Waals surface area contributed by atoms with E-state index in [-0.39, 0.29) is 12.6 Å². The molecular weight excluding hydrogens is 314 g/mol. The SMILES string of the molecule is CCCCCCCCCC(=O)OCC[N+](C)(CCO)C1CCCCC1. The Morgan fingerprint density at radius 3 is 2.28 bits per heavy atom. The minimum atomic E-state index is -0.0484. The van der Waals surface area contributed by atoms with Crippen LogP contribution in [0.15, 0.2) is 0 Å². The highest BCUT2D eigenvalue weighted by atomic mass is 16.5. The van der Waals surface area contributed by atoms with Crippen LogP contribution in [0.3, 0.4) is 0 Å². The van der Waals surface area contributed by atoms with Crippen LogP contribution in [0, 0.1) is 0 Å². The fraction of sp³-hybridized carbons (Fsp3) is 0.952. The van der Waals surface area contributed by atoms with E-state index in [4.69, 9.17) is 4.74 Å². The van der Waals surface area contributed by atoms with Gasteiger partial charge in [-0.1, -0.05) is 51.9 Å². The second kappa shape index (κ2) is 13.6. The molecule has 25 heavy (non-hydrogen) atoms. The molecule has 0 aromatic rings. The summed E-state index contributed by atoms with van der Waals surface area (Å²) in [6.07, 6.45) is 15.5. The molecule has 148 valence electrons. The van der Waals surface area contributed by atoms with Crippen molar-refractivity contribution in [2.24, 2.45) is 0 Å². The van der Waals surface area contributed by atoms with Crippen LogP contribution in [0.5, 0.6) is 0 Å². The van der Waals surface area contributed by atoms with Crippen molar-refractivity contribution in [1.29, 1.82) is 0 Å². The maximum atomic E-state index is 11.9. The van der Waals surface area contributed by atoms with E-state index in [2.05, 4.69) is 14.0 Å². The molecule has 1 rings (SSSR count). The van der Waals surface area contributed by atoms with Crippen LogP contribution in [0.1, 0.15) is 90.4 Å². The molecule has 0 heterocycles. The second-order valence-corrected chi connectivity index (χ2v) is 8.03. The Labute approximate surface area is 155 Å². The number of carbonyl (C=O) groups is 1. The van der Waals surface area contributed by atoms with Crippen molar-refractivity contribution in [1.82, 2.24) is 0 Å². The molecule has 1 aliphatic carbocycles. The van der Waals surface area contributed by atoms with Crippen molar-refractivity contribution in [3.63, 3.8) is 0 Å². The van der Waals surface area contributed by atoms with Crippen LogP contribution < -0.4 is 0 Å². The molecule has 0 bridgehead atoms. The number of carbonyl (C=O) groups excluding carboxylic acids is 1. The number of rotatable bonds is 14. The Balaban J connectivity index is 2.16. The monoisotopic (exact) mass is 356 g/mol. The molecule has 0 aromatic heterocycles. The largest absolute Gasteiger partial charge is 0.460 e. The zero-order valence-corrected chi connectivity index (χ0v) is 16.8. The molecule has 4 nitrogen and oxygen atoms in total. The smallest absolute Gasteiger partial charge is 0.305 e. The molecule has 0 amide bonds. The predicted molar refractivity (Wildman–Crippen MR) is 103 cm³/mol. The molecule has 0 saturated heterocycles. The van der Waals surface area contributed by atoms with Crippen molar-refractivity contribution in [2.75, 3.05) is 33.4 Å². The molecule has 1 atom stereocenters. The average Bonchev–Trinajstić information content (AvgIpc) is 2.62. The number of aliphatic hydroxyl groups excluding tert-OH is 1. The number of likely N-dealkylation sites (N-methyl/N-ethyl adjacent to an activating group) is 1. The summed E-state index contributed by atoms with van der Waals surface area (Å²) in [6, 6.07) is 0.614. The molecule has 0 radical (unpaired) electrons. The van der Waals surface area contributed by atoms with Crippen molar-refractivity contribution in [3.8, 4) is 0 Å². The minimum Gasteiger partial charge on any atom is -0.460 e. The molecule has 1 N–H and O–H groups in total. The van der Waals surface area contributed by atoms with Gasteiger partial charge in [0, 0.05) is 6.42 Å². The third-order valence-electron chi connectivity index (χ3n) is 5.92. The highest BCUT2D eigenvalue weighted by Crippen LogP contribution is 2.26. The van der Waals surface area contributed by atoms with Gasteiger partial charge in [0.15, 0.2) is 0 Å². The molecule has 0 aliphatic heterocycles.